The van der Waals surface area contributed by atoms with E-state index in [-0.39, 0.29) is 5.58 Å². The minimum Gasteiger partial charge on any atom is -0.483 e. The summed E-state index contributed by atoms with van der Waals surface area (Å²) in [6.07, 6.45) is 1.21. The first-order valence-corrected chi connectivity index (χ1v) is 10.0. The van der Waals surface area contributed by atoms with Crippen molar-refractivity contribution >= 4 is 22.9 Å². The quantitative estimate of drug-likeness (QED) is 0.407. The van der Waals surface area contributed by atoms with E-state index in [1.165, 1.54) is 6.07 Å². The van der Waals surface area contributed by atoms with Crippen molar-refractivity contribution in [3.63, 3.8) is 0 Å². The van der Waals surface area contributed by atoms with Gasteiger partial charge >= 0.3 is 17.6 Å². The van der Waals surface area contributed by atoms with Gasteiger partial charge in [0.1, 0.15) is 16.9 Å². The molecule has 164 valence electrons. The van der Waals surface area contributed by atoms with Gasteiger partial charge in [-0.1, -0.05) is 12.2 Å². The molecule has 0 fully saturated rings. The number of benzene rings is 1. The first-order valence-electron chi connectivity index (χ1n) is 10.0. The maximum Gasteiger partial charge on any atom is 0.336 e. The number of hydrogen-bond acceptors (Lipinski definition) is 7. The predicted octanol–water partition coefficient (Wildman–Crippen LogP) is 4.39. The zero-order valence-electron chi connectivity index (χ0n) is 18.5. The lowest BCUT2D eigenvalue weighted by Crippen LogP contribution is -2.52. The highest BCUT2D eigenvalue weighted by molar-refractivity contribution is 5.90. The Labute approximate surface area is 180 Å². The van der Waals surface area contributed by atoms with Gasteiger partial charge in [0.15, 0.2) is 12.2 Å². The van der Waals surface area contributed by atoms with Crippen LogP contribution in [0.5, 0.6) is 5.75 Å². The van der Waals surface area contributed by atoms with Crippen LogP contribution in [0, 0.1) is 0 Å². The number of allylic oxidation sites excluding steroid dienone is 2. The van der Waals surface area contributed by atoms with E-state index in [2.05, 4.69) is 0 Å². The second-order valence-electron chi connectivity index (χ2n) is 7.95. The Morgan fingerprint density at radius 1 is 0.968 bits per heavy atom. The zero-order valence-corrected chi connectivity index (χ0v) is 18.5. The standard InChI is InChI=1S/C24H26O7/c1-7-13(3)22(26)29-20-18-16(11-9-15-10-12-17(25)28-19(15)18)31-24(5,6)21(20)30-23(27)14(4)8-2/h7-12,20-21H,1-6H3/b13-7-,14-8+/t20-,21-/m1/s1. The molecule has 1 aromatic carbocycles. The van der Waals surface area contributed by atoms with Crippen molar-refractivity contribution in [3.8, 4) is 5.75 Å². The molecule has 0 bridgehead atoms. The lowest BCUT2D eigenvalue weighted by molar-refractivity contribution is -0.185. The van der Waals surface area contributed by atoms with Gasteiger partial charge in [0, 0.05) is 22.6 Å². The summed E-state index contributed by atoms with van der Waals surface area (Å²) < 4.78 is 23.2. The minimum absolute atomic E-state index is 0.222. The van der Waals surface area contributed by atoms with Crippen LogP contribution >= 0.6 is 0 Å². The average Bonchev–Trinajstić information content (AvgIpc) is 2.73. The number of hydrogen-bond donors (Lipinski definition) is 0. The fraction of sp³-hybridized carbons (Fsp3) is 0.375. The highest BCUT2D eigenvalue weighted by Gasteiger charge is 2.50. The summed E-state index contributed by atoms with van der Waals surface area (Å²) in [5.41, 5.74) is -0.224. The first-order chi connectivity index (χ1) is 14.6. The van der Waals surface area contributed by atoms with Crippen LogP contribution in [0.1, 0.15) is 53.2 Å². The van der Waals surface area contributed by atoms with E-state index in [4.69, 9.17) is 18.6 Å². The summed E-state index contributed by atoms with van der Waals surface area (Å²) >= 11 is 0. The third-order valence-corrected chi connectivity index (χ3v) is 5.38. The molecule has 7 heteroatoms. The van der Waals surface area contributed by atoms with Gasteiger partial charge in [-0.2, -0.15) is 0 Å². The molecule has 7 nitrogen and oxygen atoms in total. The summed E-state index contributed by atoms with van der Waals surface area (Å²) in [5, 5.41) is 0.625. The second kappa shape index (κ2) is 8.41. The predicted molar refractivity (Wildman–Crippen MR) is 115 cm³/mol. The van der Waals surface area contributed by atoms with E-state index < -0.39 is 35.4 Å². The van der Waals surface area contributed by atoms with E-state index >= 15 is 0 Å². The summed E-state index contributed by atoms with van der Waals surface area (Å²) in [7, 11) is 0. The summed E-state index contributed by atoms with van der Waals surface area (Å²) in [6.45, 7) is 10.2. The average molecular weight is 426 g/mol. The Morgan fingerprint density at radius 3 is 2.16 bits per heavy atom. The maximum absolute atomic E-state index is 12.7. The van der Waals surface area contributed by atoms with Gasteiger partial charge in [0.2, 0.25) is 0 Å². The molecular weight excluding hydrogens is 400 g/mol. The Bertz CT molecular complexity index is 1150. The van der Waals surface area contributed by atoms with E-state index in [9.17, 15) is 14.4 Å². The highest BCUT2D eigenvalue weighted by atomic mass is 16.6. The van der Waals surface area contributed by atoms with Gasteiger partial charge in [-0.25, -0.2) is 14.4 Å². The molecule has 2 aromatic rings. The summed E-state index contributed by atoms with van der Waals surface area (Å²) in [6, 6.07) is 6.39. The fourth-order valence-corrected chi connectivity index (χ4v) is 3.33. The fourth-order valence-electron chi connectivity index (χ4n) is 3.33. The molecular formula is C24H26O7. The van der Waals surface area contributed by atoms with Crippen molar-refractivity contribution in [2.75, 3.05) is 0 Å². The van der Waals surface area contributed by atoms with Crippen LogP contribution in [0.3, 0.4) is 0 Å². The lowest BCUT2D eigenvalue weighted by atomic mass is 9.87. The number of rotatable bonds is 4. The topological polar surface area (TPSA) is 92.0 Å². The van der Waals surface area contributed by atoms with Crippen LogP contribution in [0.15, 0.2) is 56.8 Å². The van der Waals surface area contributed by atoms with E-state index in [1.54, 1.807) is 71.9 Å². The molecule has 1 aliphatic rings. The van der Waals surface area contributed by atoms with Crippen LogP contribution < -0.4 is 10.4 Å². The molecule has 0 unspecified atom stereocenters. The molecule has 0 N–H and O–H groups in total. The molecule has 0 saturated carbocycles. The third kappa shape index (κ3) is 4.26. The minimum atomic E-state index is -1.05. The summed E-state index contributed by atoms with van der Waals surface area (Å²) in [4.78, 5) is 37.3. The number of ether oxygens (including phenoxy) is 3. The van der Waals surface area contributed by atoms with Crippen molar-refractivity contribution in [1.29, 1.82) is 0 Å². The van der Waals surface area contributed by atoms with Crippen LogP contribution in [0.2, 0.25) is 0 Å². The molecule has 0 spiro atoms. The first kappa shape index (κ1) is 22.3. The molecule has 3 rings (SSSR count). The van der Waals surface area contributed by atoms with E-state index in [0.717, 1.165) is 0 Å². The largest absolute Gasteiger partial charge is 0.483 e. The van der Waals surface area contributed by atoms with Gasteiger partial charge in [-0.05, 0) is 59.7 Å². The van der Waals surface area contributed by atoms with Crippen molar-refractivity contribution in [3.05, 3.63) is 63.5 Å². The van der Waals surface area contributed by atoms with Crippen molar-refractivity contribution in [1.82, 2.24) is 0 Å². The molecule has 2 heterocycles. The molecule has 2 atom stereocenters. The van der Waals surface area contributed by atoms with Crippen molar-refractivity contribution in [2.45, 2.75) is 59.4 Å². The second-order valence-corrected chi connectivity index (χ2v) is 7.95. The molecule has 1 aromatic heterocycles. The van der Waals surface area contributed by atoms with Crippen molar-refractivity contribution < 1.29 is 28.2 Å². The molecule has 0 radical (unpaired) electrons. The molecule has 1 aliphatic heterocycles. The van der Waals surface area contributed by atoms with Crippen LogP contribution in [0.4, 0.5) is 0 Å². The monoisotopic (exact) mass is 426 g/mol. The number of fused-ring (bicyclic) bond motifs is 3. The maximum atomic E-state index is 12.7. The highest BCUT2D eigenvalue weighted by Crippen LogP contribution is 2.46. The van der Waals surface area contributed by atoms with Crippen LogP contribution in [-0.2, 0) is 19.1 Å². The van der Waals surface area contributed by atoms with Crippen LogP contribution in [0.25, 0.3) is 11.0 Å². The normalized spacial score (nSPS) is 20.6. The Morgan fingerprint density at radius 2 is 1.55 bits per heavy atom. The van der Waals surface area contributed by atoms with Crippen molar-refractivity contribution in [2.24, 2.45) is 0 Å². The third-order valence-electron chi connectivity index (χ3n) is 5.38. The number of carbonyl (C=O) groups is 2. The molecule has 0 aliphatic carbocycles. The Hall–Kier alpha value is -3.35. The molecule has 0 saturated heterocycles. The zero-order chi connectivity index (χ0) is 22.9. The molecule has 31 heavy (non-hydrogen) atoms. The lowest BCUT2D eigenvalue weighted by Gasteiger charge is -2.43. The number of carbonyl (C=O) groups excluding carboxylic acids is 2. The van der Waals surface area contributed by atoms with Gasteiger partial charge in [0.05, 0.1) is 5.56 Å². The number of esters is 2. The SMILES string of the molecule is C/C=C(/C)C(=O)O[C@@H]1c2c(ccc3ccc(=O)oc23)OC(C)(C)[C@@H]1OC(=O)/C(C)=C/C. The smallest absolute Gasteiger partial charge is 0.336 e. The van der Waals surface area contributed by atoms with E-state index in [0.29, 0.717) is 27.8 Å². The van der Waals surface area contributed by atoms with Gasteiger partial charge in [0.25, 0.3) is 0 Å². The Balaban J connectivity index is 2.23. The summed E-state index contributed by atoms with van der Waals surface area (Å²) in [5.74, 6) is -0.744. The van der Waals surface area contributed by atoms with E-state index in [1.807, 2.05) is 0 Å². The van der Waals surface area contributed by atoms with Gasteiger partial charge in [-0.3, -0.25) is 0 Å². The van der Waals surface area contributed by atoms with Gasteiger partial charge < -0.3 is 18.6 Å². The molecule has 0 amide bonds. The Kier molecular flexibility index (Phi) is 6.06. The van der Waals surface area contributed by atoms with Gasteiger partial charge in [-0.15, -0.1) is 0 Å². The van der Waals surface area contributed by atoms with Crippen LogP contribution in [-0.4, -0.2) is 23.6 Å².